The lowest BCUT2D eigenvalue weighted by Gasteiger charge is -2.20. The Morgan fingerprint density at radius 2 is 1.71 bits per heavy atom. The van der Waals surface area contributed by atoms with Gasteiger partial charge in [-0.05, 0) is 29.7 Å². The summed E-state index contributed by atoms with van der Waals surface area (Å²) in [6.45, 7) is 6.38. The molecular formula is C21H27Cl2N3O2. The summed E-state index contributed by atoms with van der Waals surface area (Å²) in [5.74, 6) is -0.521. The number of amides is 2. The lowest BCUT2D eigenvalue weighted by molar-refractivity contribution is -0.120. The molecule has 152 valence electrons. The molecule has 0 saturated carbocycles. The highest BCUT2D eigenvalue weighted by molar-refractivity contribution is 6.34. The van der Waals surface area contributed by atoms with Gasteiger partial charge < -0.3 is 16.4 Å². The zero-order valence-electron chi connectivity index (χ0n) is 16.2. The third-order valence-electron chi connectivity index (χ3n) is 4.29. The standard InChI is InChI=1S/C21H26ClN3O2.ClH/c1-13(2)12-24-21(27)17-10-9-16(11-18(17)22)25-20(26)14(3)19(23)15-7-5-4-6-8-15;/h4-11,13-14,19H,12,23H2,1-3H3,(H,24,27)(H,25,26);1H. The van der Waals surface area contributed by atoms with Crippen molar-refractivity contribution < 1.29 is 9.59 Å². The zero-order chi connectivity index (χ0) is 20.0. The Morgan fingerprint density at radius 3 is 2.29 bits per heavy atom. The summed E-state index contributed by atoms with van der Waals surface area (Å²) < 4.78 is 0. The quantitative estimate of drug-likeness (QED) is 0.615. The van der Waals surface area contributed by atoms with Crippen molar-refractivity contribution >= 4 is 41.5 Å². The average molecular weight is 424 g/mol. The number of carbonyl (C=O) groups excluding carboxylic acids is 2. The Balaban J connectivity index is 0.00000392. The minimum atomic E-state index is -0.430. The van der Waals surface area contributed by atoms with Crippen molar-refractivity contribution in [2.24, 2.45) is 17.6 Å². The number of hydrogen-bond acceptors (Lipinski definition) is 3. The second kappa shape index (κ2) is 11.1. The molecule has 2 aromatic carbocycles. The molecular weight excluding hydrogens is 397 g/mol. The van der Waals surface area contributed by atoms with Gasteiger partial charge in [-0.2, -0.15) is 0 Å². The third kappa shape index (κ3) is 6.51. The number of halogens is 2. The monoisotopic (exact) mass is 423 g/mol. The number of nitrogens with two attached hydrogens (primary N) is 1. The van der Waals surface area contributed by atoms with Gasteiger partial charge >= 0.3 is 0 Å². The van der Waals surface area contributed by atoms with Crippen LogP contribution in [0.2, 0.25) is 5.02 Å². The van der Waals surface area contributed by atoms with Gasteiger partial charge in [0.05, 0.1) is 16.5 Å². The number of nitrogens with one attached hydrogen (secondary N) is 2. The molecule has 4 N–H and O–H groups in total. The smallest absolute Gasteiger partial charge is 0.252 e. The predicted octanol–water partition coefficient (Wildman–Crippen LogP) is 4.42. The van der Waals surface area contributed by atoms with Gasteiger partial charge in [0.1, 0.15) is 0 Å². The largest absolute Gasteiger partial charge is 0.352 e. The molecule has 2 amide bonds. The summed E-state index contributed by atoms with van der Waals surface area (Å²) in [4.78, 5) is 24.7. The number of carbonyl (C=O) groups is 2. The van der Waals surface area contributed by atoms with E-state index < -0.39 is 12.0 Å². The van der Waals surface area contributed by atoms with Crippen molar-refractivity contribution in [2.75, 3.05) is 11.9 Å². The van der Waals surface area contributed by atoms with Crippen molar-refractivity contribution in [3.8, 4) is 0 Å². The molecule has 0 radical (unpaired) electrons. The van der Waals surface area contributed by atoms with E-state index in [-0.39, 0.29) is 29.2 Å². The van der Waals surface area contributed by atoms with Crippen LogP contribution in [0.15, 0.2) is 48.5 Å². The average Bonchev–Trinajstić information content (AvgIpc) is 2.65. The van der Waals surface area contributed by atoms with Gasteiger partial charge in [0, 0.05) is 18.3 Å². The molecule has 2 unspecified atom stereocenters. The maximum Gasteiger partial charge on any atom is 0.252 e. The first-order chi connectivity index (χ1) is 12.8. The molecule has 0 heterocycles. The van der Waals surface area contributed by atoms with Crippen molar-refractivity contribution in [2.45, 2.75) is 26.8 Å². The minimum absolute atomic E-state index is 0. The second-order valence-electron chi connectivity index (χ2n) is 7.01. The summed E-state index contributed by atoms with van der Waals surface area (Å²) in [7, 11) is 0. The Kier molecular flexibility index (Phi) is 9.46. The van der Waals surface area contributed by atoms with Crippen LogP contribution in [0.25, 0.3) is 0 Å². The first-order valence-corrected chi connectivity index (χ1v) is 9.36. The van der Waals surface area contributed by atoms with E-state index in [1.54, 1.807) is 25.1 Å². The summed E-state index contributed by atoms with van der Waals surface area (Å²) in [5.41, 5.74) is 8.01. The maximum absolute atomic E-state index is 12.5. The number of benzene rings is 2. The molecule has 0 aliphatic rings. The molecule has 28 heavy (non-hydrogen) atoms. The molecule has 2 rings (SSSR count). The van der Waals surface area contributed by atoms with Crippen molar-refractivity contribution in [3.05, 3.63) is 64.7 Å². The number of anilines is 1. The summed E-state index contributed by atoms with van der Waals surface area (Å²) in [6.07, 6.45) is 0. The topological polar surface area (TPSA) is 84.2 Å². The molecule has 5 nitrogen and oxygen atoms in total. The first kappa shape index (κ1) is 24.0. The van der Waals surface area contributed by atoms with Gasteiger partial charge in [0.15, 0.2) is 0 Å². The van der Waals surface area contributed by atoms with Gasteiger partial charge in [-0.1, -0.05) is 62.7 Å². The molecule has 0 aliphatic heterocycles. The summed E-state index contributed by atoms with van der Waals surface area (Å²) in [6, 6.07) is 13.9. The Morgan fingerprint density at radius 1 is 1.07 bits per heavy atom. The van der Waals surface area contributed by atoms with E-state index in [1.165, 1.54) is 0 Å². The normalized spacial score (nSPS) is 12.6. The van der Waals surface area contributed by atoms with E-state index in [2.05, 4.69) is 10.6 Å². The Labute approximate surface area is 177 Å². The molecule has 2 atom stereocenters. The molecule has 0 saturated heterocycles. The SMILES string of the molecule is CC(C)CNC(=O)c1ccc(NC(=O)C(C)C(N)c2ccccc2)cc1Cl.Cl. The first-order valence-electron chi connectivity index (χ1n) is 8.98. The highest BCUT2D eigenvalue weighted by atomic mass is 35.5. The van der Waals surface area contributed by atoms with Gasteiger partial charge in [-0.25, -0.2) is 0 Å². The van der Waals surface area contributed by atoms with Crippen LogP contribution in [0.4, 0.5) is 5.69 Å². The lowest BCUT2D eigenvalue weighted by Crippen LogP contribution is -2.30. The minimum Gasteiger partial charge on any atom is -0.352 e. The van der Waals surface area contributed by atoms with E-state index in [9.17, 15) is 9.59 Å². The molecule has 0 aromatic heterocycles. The van der Waals surface area contributed by atoms with Gasteiger partial charge in [-0.15, -0.1) is 12.4 Å². The van der Waals surface area contributed by atoms with Crippen LogP contribution in [0.3, 0.4) is 0 Å². The second-order valence-corrected chi connectivity index (χ2v) is 7.42. The molecule has 0 spiro atoms. The molecule has 0 aliphatic carbocycles. The van der Waals surface area contributed by atoms with Crippen LogP contribution in [-0.4, -0.2) is 18.4 Å². The molecule has 2 aromatic rings. The fourth-order valence-corrected chi connectivity index (χ4v) is 2.82. The fraction of sp³-hybridized carbons (Fsp3) is 0.333. The number of rotatable bonds is 7. The third-order valence-corrected chi connectivity index (χ3v) is 4.60. The van der Waals surface area contributed by atoms with Gasteiger partial charge in [0.2, 0.25) is 5.91 Å². The van der Waals surface area contributed by atoms with Crippen LogP contribution in [0, 0.1) is 11.8 Å². The van der Waals surface area contributed by atoms with E-state index in [0.29, 0.717) is 23.7 Å². The van der Waals surface area contributed by atoms with E-state index in [4.69, 9.17) is 17.3 Å². The van der Waals surface area contributed by atoms with Crippen LogP contribution >= 0.6 is 24.0 Å². The van der Waals surface area contributed by atoms with Gasteiger partial charge in [0.25, 0.3) is 5.91 Å². The maximum atomic E-state index is 12.5. The van der Waals surface area contributed by atoms with Crippen molar-refractivity contribution in [1.82, 2.24) is 5.32 Å². The summed E-state index contributed by atoms with van der Waals surface area (Å²) >= 11 is 6.22. The lowest BCUT2D eigenvalue weighted by atomic mass is 9.94. The van der Waals surface area contributed by atoms with Crippen molar-refractivity contribution in [1.29, 1.82) is 0 Å². The Bertz CT molecular complexity index is 797. The Hall–Kier alpha value is -2.08. The number of hydrogen-bond donors (Lipinski definition) is 3. The van der Waals surface area contributed by atoms with Gasteiger partial charge in [-0.3, -0.25) is 9.59 Å². The highest BCUT2D eigenvalue weighted by Crippen LogP contribution is 2.24. The van der Waals surface area contributed by atoms with Crippen molar-refractivity contribution in [3.63, 3.8) is 0 Å². The van der Waals surface area contributed by atoms with Crippen LogP contribution in [-0.2, 0) is 4.79 Å². The fourth-order valence-electron chi connectivity index (χ4n) is 2.55. The van der Waals surface area contributed by atoms with E-state index in [0.717, 1.165) is 5.56 Å². The molecule has 0 fully saturated rings. The summed E-state index contributed by atoms with van der Waals surface area (Å²) in [5, 5.41) is 5.92. The highest BCUT2D eigenvalue weighted by Gasteiger charge is 2.22. The predicted molar refractivity (Wildman–Crippen MR) is 117 cm³/mol. The van der Waals surface area contributed by atoms with Crippen LogP contribution < -0.4 is 16.4 Å². The van der Waals surface area contributed by atoms with E-state index in [1.807, 2.05) is 44.2 Å². The zero-order valence-corrected chi connectivity index (χ0v) is 17.8. The van der Waals surface area contributed by atoms with Crippen LogP contribution in [0.1, 0.15) is 42.7 Å². The molecule has 7 heteroatoms. The molecule has 0 bridgehead atoms. The van der Waals surface area contributed by atoms with Crippen LogP contribution in [0.5, 0.6) is 0 Å². The van der Waals surface area contributed by atoms with E-state index >= 15 is 0 Å².